The van der Waals surface area contributed by atoms with E-state index in [0.717, 1.165) is 0 Å². The SMILES string of the molecule is Cc1cc(NC(=O)CCS(=O)(=O)c2ccccc2)ccc1C(=O)O.O=C(CCS(=O)(=O)c1ccccc1)Nc1ccc(C(=O)O)cc1. The number of benzene rings is 4. The maximum absolute atomic E-state index is 12.1. The van der Waals surface area contributed by atoms with Gasteiger partial charge in [-0.15, -0.1) is 0 Å². The molecule has 0 aromatic heterocycles. The highest BCUT2D eigenvalue weighted by Crippen LogP contribution is 2.17. The van der Waals surface area contributed by atoms with E-state index in [1.165, 1.54) is 66.7 Å². The lowest BCUT2D eigenvalue weighted by atomic mass is 10.1. The van der Waals surface area contributed by atoms with Gasteiger partial charge >= 0.3 is 11.9 Å². The Bertz CT molecular complexity index is 1950. The molecule has 14 heteroatoms. The Hall–Kier alpha value is -5.34. The molecule has 4 aromatic rings. The molecule has 0 saturated heterocycles. The van der Waals surface area contributed by atoms with Gasteiger partial charge in [-0.05, 0) is 79.2 Å². The fourth-order valence-electron chi connectivity index (χ4n) is 4.07. The zero-order chi connectivity index (χ0) is 34.6. The Morgan fingerprint density at radius 3 is 1.40 bits per heavy atom. The van der Waals surface area contributed by atoms with E-state index in [1.54, 1.807) is 43.3 Å². The van der Waals surface area contributed by atoms with Gasteiger partial charge in [-0.2, -0.15) is 0 Å². The van der Waals surface area contributed by atoms with Crippen LogP contribution in [0.2, 0.25) is 0 Å². The number of hydrogen-bond donors (Lipinski definition) is 4. The lowest BCUT2D eigenvalue weighted by molar-refractivity contribution is -0.116. The molecule has 0 radical (unpaired) electrons. The summed E-state index contributed by atoms with van der Waals surface area (Å²) in [6.45, 7) is 1.62. The molecule has 2 amide bonds. The van der Waals surface area contributed by atoms with E-state index in [4.69, 9.17) is 10.2 Å². The minimum Gasteiger partial charge on any atom is -0.478 e. The van der Waals surface area contributed by atoms with Crippen LogP contribution in [0.5, 0.6) is 0 Å². The van der Waals surface area contributed by atoms with Crippen LogP contribution in [0, 0.1) is 6.92 Å². The zero-order valence-electron chi connectivity index (χ0n) is 25.1. The second-order valence-electron chi connectivity index (χ2n) is 10.1. The summed E-state index contributed by atoms with van der Waals surface area (Å²) < 4.78 is 48.4. The number of amides is 2. The van der Waals surface area contributed by atoms with Crippen molar-refractivity contribution < 1.29 is 46.2 Å². The molecule has 0 atom stereocenters. The first-order valence-electron chi connectivity index (χ1n) is 14.0. The predicted molar refractivity (Wildman–Crippen MR) is 175 cm³/mol. The van der Waals surface area contributed by atoms with E-state index in [0.29, 0.717) is 16.9 Å². The zero-order valence-corrected chi connectivity index (χ0v) is 26.8. The second-order valence-corrected chi connectivity index (χ2v) is 14.3. The number of carbonyl (C=O) groups excluding carboxylic acids is 2. The summed E-state index contributed by atoms with van der Waals surface area (Å²) in [5.41, 5.74) is 1.61. The van der Waals surface area contributed by atoms with Gasteiger partial charge < -0.3 is 20.8 Å². The summed E-state index contributed by atoms with van der Waals surface area (Å²) >= 11 is 0. The minimum atomic E-state index is -3.51. The molecule has 0 aliphatic carbocycles. The summed E-state index contributed by atoms with van der Waals surface area (Å²) in [7, 11) is -7.02. The summed E-state index contributed by atoms with van der Waals surface area (Å²) in [5, 5.41) is 22.9. The molecule has 4 rings (SSSR count). The molecular weight excluding hydrogens is 649 g/mol. The lowest BCUT2D eigenvalue weighted by Crippen LogP contribution is -2.17. The lowest BCUT2D eigenvalue weighted by Gasteiger charge is -2.08. The smallest absolute Gasteiger partial charge is 0.335 e. The molecule has 0 saturated carbocycles. The number of nitrogens with one attached hydrogen (secondary N) is 2. The molecule has 4 N–H and O–H groups in total. The van der Waals surface area contributed by atoms with Crippen LogP contribution >= 0.6 is 0 Å². The topological polar surface area (TPSA) is 201 Å². The van der Waals surface area contributed by atoms with Crippen molar-refractivity contribution >= 4 is 54.8 Å². The maximum Gasteiger partial charge on any atom is 0.335 e. The molecule has 0 aliphatic rings. The van der Waals surface area contributed by atoms with Gasteiger partial charge in [0.15, 0.2) is 19.7 Å². The molecule has 0 fully saturated rings. The van der Waals surface area contributed by atoms with Crippen molar-refractivity contribution in [1.29, 1.82) is 0 Å². The first-order chi connectivity index (χ1) is 22.2. The van der Waals surface area contributed by atoms with Gasteiger partial charge in [-0.3, -0.25) is 9.59 Å². The maximum atomic E-state index is 12.1. The van der Waals surface area contributed by atoms with Crippen molar-refractivity contribution in [2.45, 2.75) is 29.6 Å². The van der Waals surface area contributed by atoms with Gasteiger partial charge in [0.1, 0.15) is 0 Å². The number of rotatable bonds is 12. The van der Waals surface area contributed by atoms with Crippen molar-refractivity contribution in [3.05, 3.63) is 120 Å². The quantitative estimate of drug-likeness (QED) is 0.163. The van der Waals surface area contributed by atoms with Crippen LogP contribution in [-0.2, 0) is 29.3 Å². The van der Waals surface area contributed by atoms with Crippen molar-refractivity contribution in [3.63, 3.8) is 0 Å². The summed E-state index contributed by atoms with van der Waals surface area (Å²) in [6, 6.07) is 25.9. The largest absolute Gasteiger partial charge is 0.478 e. The molecular formula is C33H32N2O10S2. The summed E-state index contributed by atoms with van der Waals surface area (Å²) in [6.07, 6.45) is -0.366. The Morgan fingerprint density at radius 2 is 1.00 bits per heavy atom. The fourth-order valence-corrected chi connectivity index (χ4v) is 6.59. The van der Waals surface area contributed by atoms with Gasteiger partial charge in [0.05, 0.1) is 32.4 Å². The van der Waals surface area contributed by atoms with Gasteiger partial charge in [0.25, 0.3) is 0 Å². The highest BCUT2D eigenvalue weighted by atomic mass is 32.2. The van der Waals surface area contributed by atoms with Crippen LogP contribution in [0.25, 0.3) is 0 Å². The van der Waals surface area contributed by atoms with Crippen molar-refractivity contribution in [1.82, 2.24) is 0 Å². The molecule has 0 unspecified atom stereocenters. The van der Waals surface area contributed by atoms with E-state index in [2.05, 4.69) is 10.6 Å². The third kappa shape index (κ3) is 11.2. The third-order valence-electron chi connectivity index (χ3n) is 6.56. The van der Waals surface area contributed by atoms with Gasteiger partial charge in [0, 0.05) is 24.2 Å². The van der Waals surface area contributed by atoms with Gasteiger partial charge in [-0.25, -0.2) is 26.4 Å². The monoisotopic (exact) mass is 680 g/mol. The second kappa shape index (κ2) is 16.3. The van der Waals surface area contributed by atoms with Crippen LogP contribution < -0.4 is 10.6 Å². The van der Waals surface area contributed by atoms with E-state index in [9.17, 15) is 36.0 Å². The van der Waals surface area contributed by atoms with E-state index >= 15 is 0 Å². The third-order valence-corrected chi connectivity index (χ3v) is 10.0. The molecule has 4 aromatic carbocycles. The van der Waals surface area contributed by atoms with E-state index in [1.807, 2.05) is 0 Å². The van der Waals surface area contributed by atoms with E-state index < -0.39 is 43.4 Å². The summed E-state index contributed by atoms with van der Waals surface area (Å²) in [4.78, 5) is 45.8. The molecule has 47 heavy (non-hydrogen) atoms. The number of hydrogen-bond acceptors (Lipinski definition) is 8. The Balaban J connectivity index is 0.000000256. The number of aromatic carboxylic acids is 2. The van der Waals surface area contributed by atoms with Crippen molar-refractivity contribution in [2.24, 2.45) is 0 Å². The highest BCUT2D eigenvalue weighted by molar-refractivity contribution is 7.91. The minimum absolute atomic E-state index is 0.106. The number of sulfone groups is 2. The fraction of sp³-hybridized carbons (Fsp3) is 0.152. The Kier molecular flexibility index (Phi) is 12.5. The van der Waals surface area contributed by atoms with Crippen LogP contribution in [0.4, 0.5) is 11.4 Å². The Labute approximate surface area is 271 Å². The van der Waals surface area contributed by atoms with Crippen LogP contribution in [0.3, 0.4) is 0 Å². The Morgan fingerprint density at radius 1 is 0.574 bits per heavy atom. The number of carboxylic acid groups (broad SMARTS) is 2. The van der Waals surface area contributed by atoms with Crippen LogP contribution in [-0.4, -0.2) is 62.3 Å². The molecule has 12 nitrogen and oxygen atoms in total. The molecule has 0 aliphatic heterocycles. The predicted octanol–water partition coefficient (Wildman–Crippen LogP) is 4.68. The van der Waals surface area contributed by atoms with Crippen molar-refractivity contribution in [3.8, 4) is 0 Å². The molecule has 0 heterocycles. The number of aryl methyl sites for hydroxylation is 1. The average molecular weight is 681 g/mol. The van der Waals surface area contributed by atoms with Crippen LogP contribution in [0.15, 0.2) is 113 Å². The first kappa shape index (κ1) is 36.1. The number of carboxylic acids is 2. The van der Waals surface area contributed by atoms with Gasteiger partial charge in [0.2, 0.25) is 11.8 Å². The highest BCUT2D eigenvalue weighted by Gasteiger charge is 2.18. The summed E-state index contributed by atoms with van der Waals surface area (Å²) in [5.74, 6) is -3.59. The van der Waals surface area contributed by atoms with Gasteiger partial charge in [-0.1, -0.05) is 36.4 Å². The molecule has 0 bridgehead atoms. The van der Waals surface area contributed by atoms with E-state index in [-0.39, 0.29) is 45.3 Å². The molecule has 246 valence electrons. The molecule has 0 spiro atoms. The van der Waals surface area contributed by atoms with Crippen LogP contribution in [0.1, 0.15) is 39.1 Å². The normalized spacial score (nSPS) is 11.0. The first-order valence-corrected chi connectivity index (χ1v) is 17.3. The van der Waals surface area contributed by atoms with Crippen molar-refractivity contribution in [2.75, 3.05) is 22.1 Å². The average Bonchev–Trinajstić information content (AvgIpc) is 3.04. The standard InChI is InChI=1S/C17H17NO5S.C16H15NO5S/c1-12-11-13(7-8-15(12)17(20)21)18-16(19)9-10-24(22,23)14-5-3-2-4-6-14;18-15(17-13-8-6-12(7-9-13)16(19)20)10-11-23(21,22)14-4-2-1-3-5-14/h2-8,11H,9-10H2,1H3,(H,18,19)(H,20,21);1-9H,10-11H2,(H,17,18)(H,19,20). The number of anilines is 2. The number of carbonyl (C=O) groups is 4.